The Hall–Kier alpha value is -1.24. The van der Waals surface area contributed by atoms with Crippen molar-refractivity contribution in [1.82, 2.24) is 5.32 Å². The van der Waals surface area contributed by atoms with Crippen molar-refractivity contribution in [3.8, 4) is 0 Å². The molecule has 0 fully saturated rings. The lowest BCUT2D eigenvalue weighted by atomic mass is 9.93. The maximum Gasteiger partial charge on any atom is 0.252 e. The van der Waals surface area contributed by atoms with Crippen LogP contribution in [0.2, 0.25) is 0 Å². The summed E-state index contributed by atoms with van der Waals surface area (Å²) in [6.45, 7) is 0.200. The molecule has 0 saturated heterocycles. The van der Waals surface area contributed by atoms with Crippen LogP contribution in [0, 0.1) is 0 Å². The minimum Gasteiger partial charge on any atom is -0.392 e. The average molecular weight is 215 g/mol. The average Bonchev–Trinajstić information content (AvgIpc) is 2.22. The number of carbonyl (C=O) groups is 2. The van der Waals surface area contributed by atoms with E-state index >= 15 is 0 Å². The summed E-state index contributed by atoms with van der Waals surface area (Å²) >= 11 is 0. The smallest absolute Gasteiger partial charge is 0.252 e. The number of methoxy groups -OCH3 is 1. The molecule has 1 aliphatic rings. The molecule has 3 N–H and O–H groups in total. The number of aliphatic hydroxyl groups is 2. The van der Waals surface area contributed by atoms with Gasteiger partial charge in [0.15, 0.2) is 0 Å². The highest BCUT2D eigenvalue weighted by Crippen LogP contribution is 2.21. The summed E-state index contributed by atoms with van der Waals surface area (Å²) in [6.07, 6.45) is 0. The number of aliphatic hydroxyl groups excluding tert-OH is 2. The van der Waals surface area contributed by atoms with E-state index in [1.165, 1.54) is 14.0 Å². The molecule has 1 unspecified atom stereocenters. The molecule has 0 aromatic heterocycles. The van der Waals surface area contributed by atoms with E-state index in [0.717, 1.165) is 0 Å². The lowest BCUT2D eigenvalue weighted by molar-refractivity contribution is -0.147. The quantitative estimate of drug-likeness (QED) is 0.523. The van der Waals surface area contributed by atoms with Crippen LogP contribution >= 0.6 is 0 Å². The molecule has 0 bridgehead atoms. The molecule has 6 nitrogen and oxygen atoms in total. The van der Waals surface area contributed by atoms with E-state index in [-0.39, 0.29) is 11.1 Å². The van der Waals surface area contributed by atoms with Gasteiger partial charge >= 0.3 is 0 Å². The Balaban J connectivity index is 3.23. The molecule has 1 aliphatic heterocycles. The highest BCUT2D eigenvalue weighted by atomic mass is 16.5. The van der Waals surface area contributed by atoms with Crippen LogP contribution in [-0.2, 0) is 14.3 Å². The summed E-state index contributed by atoms with van der Waals surface area (Å²) in [6, 6.07) is 0. The predicted molar refractivity (Wildman–Crippen MR) is 49.8 cm³/mol. The minimum atomic E-state index is -1.46. The number of carbonyl (C=O) groups excluding carboxylic acids is 2. The first-order valence-electron chi connectivity index (χ1n) is 4.36. The van der Waals surface area contributed by atoms with Crippen molar-refractivity contribution in [2.45, 2.75) is 12.6 Å². The summed E-state index contributed by atoms with van der Waals surface area (Å²) in [5.74, 6) is -1.15. The normalized spacial score (nSPS) is 26.9. The highest BCUT2D eigenvalue weighted by molar-refractivity contribution is 6.14. The largest absolute Gasteiger partial charge is 0.392 e. The van der Waals surface area contributed by atoms with Gasteiger partial charge in [0.2, 0.25) is 11.5 Å². The lowest BCUT2D eigenvalue weighted by Gasteiger charge is -2.33. The van der Waals surface area contributed by atoms with Gasteiger partial charge in [-0.15, -0.1) is 0 Å². The van der Waals surface area contributed by atoms with E-state index in [4.69, 9.17) is 14.9 Å². The highest BCUT2D eigenvalue weighted by Gasteiger charge is 2.43. The molecule has 0 aliphatic carbocycles. The van der Waals surface area contributed by atoms with Gasteiger partial charge in [0.05, 0.1) is 18.8 Å². The number of nitrogens with one attached hydrogen (secondary N) is 1. The van der Waals surface area contributed by atoms with Gasteiger partial charge in [-0.05, 0) is 6.92 Å². The second-order valence-corrected chi connectivity index (χ2v) is 3.29. The van der Waals surface area contributed by atoms with E-state index in [0.29, 0.717) is 0 Å². The molecular weight excluding hydrogens is 202 g/mol. The summed E-state index contributed by atoms with van der Waals surface area (Å²) in [5.41, 5.74) is -1.68. The third kappa shape index (κ3) is 1.79. The van der Waals surface area contributed by atoms with Gasteiger partial charge in [-0.2, -0.15) is 0 Å². The number of hydrogen-bond donors (Lipinski definition) is 3. The fourth-order valence-electron chi connectivity index (χ4n) is 1.39. The molecule has 1 rings (SSSR count). The molecular formula is C9H13NO5. The number of amides is 1. The zero-order valence-corrected chi connectivity index (χ0v) is 8.53. The SMILES string of the molecule is COC1(C)NC(=O)C(CO)=C(CO)C1=O. The van der Waals surface area contributed by atoms with Crippen LogP contribution in [0.15, 0.2) is 11.1 Å². The summed E-state index contributed by atoms with van der Waals surface area (Å²) in [4.78, 5) is 23.2. The van der Waals surface area contributed by atoms with E-state index in [2.05, 4.69) is 5.32 Å². The van der Waals surface area contributed by atoms with E-state index in [9.17, 15) is 9.59 Å². The summed E-state index contributed by atoms with van der Waals surface area (Å²) in [7, 11) is 1.27. The number of ether oxygens (including phenoxy) is 1. The maximum atomic E-state index is 11.8. The van der Waals surface area contributed by atoms with Crippen molar-refractivity contribution in [2.75, 3.05) is 20.3 Å². The van der Waals surface area contributed by atoms with Crippen molar-refractivity contribution in [3.63, 3.8) is 0 Å². The molecule has 0 spiro atoms. The van der Waals surface area contributed by atoms with E-state index in [1.807, 2.05) is 0 Å². The third-order valence-corrected chi connectivity index (χ3v) is 2.42. The zero-order valence-electron chi connectivity index (χ0n) is 8.53. The summed E-state index contributed by atoms with van der Waals surface area (Å²) in [5, 5.41) is 20.2. The second-order valence-electron chi connectivity index (χ2n) is 3.29. The standard InChI is InChI=1S/C9H13NO5/c1-9(15-2)7(13)5(3-11)6(4-12)8(14)10-9/h11-12H,3-4H2,1-2H3,(H,10,14). The monoisotopic (exact) mass is 215 g/mol. The van der Waals surface area contributed by atoms with Crippen LogP contribution in [0.3, 0.4) is 0 Å². The molecule has 1 amide bonds. The first-order chi connectivity index (χ1) is 7.00. The van der Waals surface area contributed by atoms with Crippen LogP contribution in [-0.4, -0.2) is 48.0 Å². The van der Waals surface area contributed by atoms with E-state index in [1.54, 1.807) is 0 Å². The molecule has 0 saturated carbocycles. The van der Waals surface area contributed by atoms with Crippen LogP contribution in [0.4, 0.5) is 0 Å². The topological polar surface area (TPSA) is 95.9 Å². The van der Waals surface area contributed by atoms with Crippen molar-refractivity contribution in [2.24, 2.45) is 0 Å². The molecule has 1 atom stereocenters. The van der Waals surface area contributed by atoms with Gasteiger partial charge in [-0.1, -0.05) is 0 Å². The van der Waals surface area contributed by atoms with Crippen molar-refractivity contribution >= 4 is 11.7 Å². The van der Waals surface area contributed by atoms with Crippen molar-refractivity contribution in [3.05, 3.63) is 11.1 Å². The van der Waals surface area contributed by atoms with Gasteiger partial charge in [-0.3, -0.25) is 9.59 Å². The zero-order chi connectivity index (χ0) is 11.6. The fourth-order valence-corrected chi connectivity index (χ4v) is 1.39. The molecule has 15 heavy (non-hydrogen) atoms. The molecule has 0 aromatic carbocycles. The summed E-state index contributed by atoms with van der Waals surface area (Å²) < 4.78 is 4.88. The Morgan fingerprint density at radius 2 is 1.80 bits per heavy atom. The van der Waals surface area contributed by atoms with Crippen molar-refractivity contribution < 1.29 is 24.5 Å². The van der Waals surface area contributed by atoms with Crippen LogP contribution in [0.25, 0.3) is 0 Å². The molecule has 84 valence electrons. The van der Waals surface area contributed by atoms with Gasteiger partial charge < -0.3 is 20.3 Å². The Morgan fingerprint density at radius 3 is 2.20 bits per heavy atom. The number of ketones is 1. The number of Topliss-reactive ketones (excluding diaryl/α,β-unsaturated/α-hetero) is 1. The van der Waals surface area contributed by atoms with E-state index < -0.39 is 30.6 Å². The first-order valence-corrected chi connectivity index (χ1v) is 4.36. The van der Waals surface area contributed by atoms with Gasteiger partial charge in [-0.25, -0.2) is 0 Å². The van der Waals surface area contributed by atoms with Crippen LogP contribution in [0.1, 0.15) is 6.92 Å². The third-order valence-electron chi connectivity index (χ3n) is 2.42. The second kappa shape index (κ2) is 4.09. The number of hydrogen-bond acceptors (Lipinski definition) is 5. The molecule has 6 heteroatoms. The molecule has 0 radical (unpaired) electrons. The van der Waals surface area contributed by atoms with Crippen LogP contribution in [0.5, 0.6) is 0 Å². The Kier molecular flexibility index (Phi) is 3.23. The Labute approximate surface area is 86.5 Å². The van der Waals surface area contributed by atoms with Gasteiger partial charge in [0, 0.05) is 12.7 Å². The predicted octanol–water partition coefficient (Wildman–Crippen LogP) is -1.67. The Bertz CT molecular complexity index is 335. The Morgan fingerprint density at radius 1 is 1.27 bits per heavy atom. The fraction of sp³-hybridized carbons (Fsp3) is 0.556. The first kappa shape index (κ1) is 11.8. The van der Waals surface area contributed by atoms with Crippen molar-refractivity contribution in [1.29, 1.82) is 0 Å². The lowest BCUT2D eigenvalue weighted by Crippen LogP contribution is -2.58. The minimum absolute atomic E-state index is 0.106. The van der Waals surface area contributed by atoms with Gasteiger partial charge in [0.25, 0.3) is 5.91 Å². The maximum absolute atomic E-state index is 11.8. The number of rotatable bonds is 3. The molecule has 0 aromatic rings. The van der Waals surface area contributed by atoms with Gasteiger partial charge in [0.1, 0.15) is 0 Å². The molecule has 1 heterocycles. The van der Waals surface area contributed by atoms with Crippen LogP contribution < -0.4 is 5.32 Å².